The molecule has 0 aliphatic carbocycles. The summed E-state index contributed by atoms with van der Waals surface area (Å²) in [5.41, 5.74) is 2.66. The molecular formula is C18H11Cl2N3S. The topological polar surface area (TPSA) is 30.7 Å². The zero-order valence-electron chi connectivity index (χ0n) is 12.4. The lowest BCUT2D eigenvalue weighted by Gasteiger charge is -2.03. The van der Waals surface area contributed by atoms with E-state index >= 15 is 0 Å². The van der Waals surface area contributed by atoms with E-state index in [-0.39, 0.29) is 5.28 Å². The predicted molar refractivity (Wildman–Crippen MR) is 101 cm³/mol. The summed E-state index contributed by atoms with van der Waals surface area (Å²) in [4.78, 5) is 9.39. The van der Waals surface area contributed by atoms with Crippen molar-refractivity contribution in [2.45, 2.75) is 4.90 Å². The minimum atomic E-state index is 0.182. The van der Waals surface area contributed by atoms with Crippen molar-refractivity contribution < 1.29 is 0 Å². The largest absolute Gasteiger partial charge is 0.286 e. The van der Waals surface area contributed by atoms with Crippen LogP contribution in [0.5, 0.6) is 0 Å². The van der Waals surface area contributed by atoms with Gasteiger partial charge in [-0.05, 0) is 41.7 Å². The lowest BCUT2D eigenvalue weighted by atomic mass is 10.1. The number of hydrogen-bond donors (Lipinski definition) is 0. The smallest absolute Gasteiger partial charge is 0.222 e. The van der Waals surface area contributed by atoms with E-state index in [1.54, 1.807) is 11.9 Å². The molecule has 0 saturated heterocycles. The van der Waals surface area contributed by atoms with Crippen molar-refractivity contribution >= 4 is 46.1 Å². The molecule has 0 fully saturated rings. The molecule has 0 spiro atoms. The quantitative estimate of drug-likeness (QED) is 0.416. The van der Waals surface area contributed by atoms with Gasteiger partial charge in [-0.25, -0.2) is 9.97 Å². The summed E-state index contributed by atoms with van der Waals surface area (Å²) in [5.74, 6) is 0. The van der Waals surface area contributed by atoms with Gasteiger partial charge in [0.15, 0.2) is 0 Å². The number of nitrogens with zero attached hydrogens (tertiary/aromatic N) is 3. The van der Waals surface area contributed by atoms with E-state index in [0.29, 0.717) is 10.7 Å². The molecule has 0 bridgehead atoms. The molecule has 3 nitrogen and oxygen atoms in total. The lowest BCUT2D eigenvalue weighted by Crippen LogP contribution is -1.88. The van der Waals surface area contributed by atoms with Gasteiger partial charge in [0.1, 0.15) is 0 Å². The molecule has 6 heteroatoms. The Bertz CT molecular complexity index is 1020. The first-order valence-corrected chi connectivity index (χ1v) is 8.77. The Morgan fingerprint density at radius 3 is 2.50 bits per heavy atom. The number of benzene rings is 2. The summed E-state index contributed by atoms with van der Waals surface area (Å²) in [7, 11) is 0. The van der Waals surface area contributed by atoms with Gasteiger partial charge < -0.3 is 0 Å². The molecule has 118 valence electrons. The molecule has 0 aliphatic rings. The summed E-state index contributed by atoms with van der Waals surface area (Å²) in [5, 5.41) is 1.73. The van der Waals surface area contributed by atoms with E-state index in [1.165, 1.54) is 6.20 Å². The van der Waals surface area contributed by atoms with Crippen molar-refractivity contribution in [2.75, 3.05) is 0 Å². The maximum absolute atomic E-state index is 6.30. The monoisotopic (exact) mass is 371 g/mol. The standard InChI is InChI=1S/C18H11Cl2N3S/c19-15-10-21-18(20)22-17(15)14-11-23(16-9-5-4-8-13(14)16)24-12-6-2-1-3-7-12/h1-11H. The highest BCUT2D eigenvalue weighted by Gasteiger charge is 2.15. The molecule has 2 aromatic heterocycles. The number of rotatable bonds is 3. The molecule has 4 rings (SSSR count). The predicted octanol–water partition coefficient (Wildman–Crippen LogP) is 5.96. The molecule has 2 aromatic carbocycles. The van der Waals surface area contributed by atoms with Crippen LogP contribution in [0.4, 0.5) is 0 Å². The molecule has 2 heterocycles. The highest BCUT2D eigenvalue weighted by atomic mass is 35.5. The second kappa shape index (κ2) is 6.48. The van der Waals surface area contributed by atoms with Crippen LogP contribution >= 0.6 is 35.1 Å². The third kappa shape index (κ3) is 2.88. The molecule has 0 saturated carbocycles. The molecule has 0 amide bonds. The summed E-state index contributed by atoms with van der Waals surface area (Å²) in [6, 6.07) is 18.4. The maximum Gasteiger partial charge on any atom is 0.222 e. The molecule has 24 heavy (non-hydrogen) atoms. The van der Waals surface area contributed by atoms with E-state index in [9.17, 15) is 0 Å². The van der Waals surface area contributed by atoms with Crippen LogP contribution in [-0.2, 0) is 0 Å². The molecule has 0 unspecified atom stereocenters. The van der Waals surface area contributed by atoms with Crippen LogP contribution < -0.4 is 0 Å². The fourth-order valence-corrected chi connectivity index (χ4v) is 3.79. The van der Waals surface area contributed by atoms with Gasteiger partial charge in [-0.3, -0.25) is 3.97 Å². The second-order valence-electron chi connectivity index (χ2n) is 5.13. The second-order valence-corrected chi connectivity index (χ2v) is 6.92. The minimum absolute atomic E-state index is 0.182. The van der Waals surface area contributed by atoms with E-state index in [1.807, 2.05) is 36.5 Å². The van der Waals surface area contributed by atoms with Gasteiger partial charge in [-0.2, -0.15) is 0 Å². The van der Waals surface area contributed by atoms with Gasteiger partial charge in [-0.15, -0.1) is 0 Å². The number of aromatic nitrogens is 3. The van der Waals surface area contributed by atoms with Crippen molar-refractivity contribution in [2.24, 2.45) is 0 Å². The van der Waals surface area contributed by atoms with Gasteiger partial charge in [0, 0.05) is 22.0 Å². The summed E-state index contributed by atoms with van der Waals surface area (Å²) in [6.45, 7) is 0. The van der Waals surface area contributed by atoms with Crippen LogP contribution in [0.1, 0.15) is 0 Å². The Kier molecular flexibility index (Phi) is 4.19. The van der Waals surface area contributed by atoms with E-state index in [4.69, 9.17) is 23.2 Å². The van der Waals surface area contributed by atoms with Crippen molar-refractivity contribution in [3.63, 3.8) is 0 Å². The lowest BCUT2D eigenvalue weighted by molar-refractivity contribution is 1.17. The molecule has 0 radical (unpaired) electrons. The molecular weight excluding hydrogens is 361 g/mol. The van der Waals surface area contributed by atoms with E-state index < -0.39 is 0 Å². The molecule has 0 aliphatic heterocycles. The number of halogens is 2. The first-order valence-electron chi connectivity index (χ1n) is 7.24. The Balaban J connectivity index is 1.90. The van der Waals surface area contributed by atoms with Gasteiger partial charge >= 0.3 is 0 Å². The first kappa shape index (κ1) is 15.5. The van der Waals surface area contributed by atoms with Crippen molar-refractivity contribution in [1.29, 1.82) is 0 Å². The normalized spacial score (nSPS) is 11.1. The highest BCUT2D eigenvalue weighted by molar-refractivity contribution is 7.98. The minimum Gasteiger partial charge on any atom is -0.286 e. The summed E-state index contributed by atoms with van der Waals surface area (Å²) >= 11 is 13.9. The van der Waals surface area contributed by atoms with E-state index in [2.05, 4.69) is 38.2 Å². The van der Waals surface area contributed by atoms with Crippen LogP contribution in [0.25, 0.3) is 22.2 Å². The van der Waals surface area contributed by atoms with Crippen molar-refractivity contribution in [1.82, 2.24) is 13.9 Å². The fraction of sp³-hybridized carbons (Fsp3) is 0. The van der Waals surface area contributed by atoms with Crippen LogP contribution in [0.3, 0.4) is 0 Å². The zero-order valence-corrected chi connectivity index (χ0v) is 14.7. The Morgan fingerprint density at radius 2 is 1.67 bits per heavy atom. The van der Waals surface area contributed by atoms with E-state index in [0.717, 1.165) is 21.4 Å². The summed E-state index contributed by atoms with van der Waals surface area (Å²) < 4.78 is 2.12. The Hall–Kier alpha value is -2.01. The molecule has 4 aromatic rings. The van der Waals surface area contributed by atoms with Crippen LogP contribution in [0.15, 0.2) is 71.9 Å². The first-order chi connectivity index (χ1) is 11.7. The van der Waals surface area contributed by atoms with Crippen LogP contribution in [0, 0.1) is 0 Å². The highest BCUT2D eigenvalue weighted by Crippen LogP contribution is 2.37. The van der Waals surface area contributed by atoms with Gasteiger partial charge in [0.25, 0.3) is 0 Å². The van der Waals surface area contributed by atoms with Crippen LogP contribution in [0.2, 0.25) is 10.3 Å². The maximum atomic E-state index is 6.30. The number of fused-ring (bicyclic) bond motifs is 1. The van der Waals surface area contributed by atoms with Crippen molar-refractivity contribution in [3.05, 3.63) is 77.3 Å². The molecule has 0 N–H and O–H groups in total. The third-order valence-electron chi connectivity index (χ3n) is 3.59. The van der Waals surface area contributed by atoms with Crippen LogP contribution in [-0.4, -0.2) is 13.9 Å². The Morgan fingerprint density at radius 1 is 0.917 bits per heavy atom. The van der Waals surface area contributed by atoms with Gasteiger partial charge in [0.2, 0.25) is 5.28 Å². The third-order valence-corrected chi connectivity index (χ3v) is 5.04. The SMILES string of the molecule is Clc1ncc(Cl)c(-c2cn(Sc3ccccc3)c3ccccc23)n1. The number of para-hydroxylation sites is 1. The van der Waals surface area contributed by atoms with Crippen molar-refractivity contribution in [3.8, 4) is 11.3 Å². The average molecular weight is 372 g/mol. The Labute approximate surface area is 153 Å². The zero-order chi connectivity index (χ0) is 16.5. The average Bonchev–Trinajstić information content (AvgIpc) is 2.97. The number of hydrogen-bond acceptors (Lipinski definition) is 3. The summed E-state index contributed by atoms with van der Waals surface area (Å²) in [6.07, 6.45) is 3.57. The fourth-order valence-electron chi connectivity index (χ4n) is 2.54. The molecule has 0 atom stereocenters. The van der Waals surface area contributed by atoms with Gasteiger partial charge in [-0.1, -0.05) is 48.0 Å². The van der Waals surface area contributed by atoms with Gasteiger partial charge in [0.05, 0.1) is 22.4 Å².